The predicted molar refractivity (Wildman–Crippen MR) is 94.3 cm³/mol. The van der Waals surface area contributed by atoms with E-state index in [-0.39, 0.29) is 11.9 Å². The van der Waals surface area contributed by atoms with Crippen molar-refractivity contribution in [3.05, 3.63) is 41.5 Å². The molecule has 3 amide bonds. The molecule has 1 fully saturated rings. The van der Waals surface area contributed by atoms with Crippen LogP contribution in [0.15, 0.2) is 30.4 Å². The first-order valence-corrected chi connectivity index (χ1v) is 8.37. The molecule has 2 heterocycles. The molecule has 0 spiro atoms. The van der Waals surface area contributed by atoms with Gasteiger partial charge in [-0.15, -0.1) is 0 Å². The summed E-state index contributed by atoms with van der Waals surface area (Å²) in [5, 5.41) is 5.58. The van der Waals surface area contributed by atoms with Gasteiger partial charge in [-0.1, -0.05) is 18.2 Å². The van der Waals surface area contributed by atoms with Gasteiger partial charge in [0.2, 0.25) is 0 Å². The molecular weight excluding hydrogens is 304 g/mol. The van der Waals surface area contributed by atoms with Crippen molar-refractivity contribution in [3.63, 3.8) is 0 Å². The van der Waals surface area contributed by atoms with E-state index in [2.05, 4.69) is 27.7 Å². The second-order valence-electron chi connectivity index (χ2n) is 6.30. The summed E-state index contributed by atoms with van der Waals surface area (Å²) < 4.78 is 0. The second-order valence-corrected chi connectivity index (χ2v) is 6.30. The molecule has 6 heteroatoms. The zero-order valence-electron chi connectivity index (χ0n) is 14.2. The van der Waals surface area contributed by atoms with Gasteiger partial charge in [-0.25, -0.2) is 4.79 Å². The number of rotatable bonds is 3. The van der Waals surface area contributed by atoms with Gasteiger partial charge in [0, 0.05) is 50.5 Å². The largest absolute Gasteiger partial charge is 0.355 e. The van der Waals surface area contributed by atoms with E-state index >= 15 is 0 Å². The Morgan fingerprint density at radius 3 is 2.67 bits per heavy atom. The van der Waals surface area contributed by atoms with Crippen LogP contribution in [-0.4, -0.2) is 61.0 Å². The maximum atomic E-state index is 12.6. The first-order valence-electron chi connectivity index (χ1n) is 8.37. The highest BCUT2D eigenvalue weighted by molar-refractivity contribution is 5.99. The molecule has 0 radical (unpaired) electrons. The fourth-order valence-electron chi connectivity index (χ4n) is 3.36. The lowest BCUT2D eigenvalue weighted by molar-refractivity contribution is 0.0962. The van der Waals surface area contributed by atoms with Gasteiger partial charge in [-0.3, -0.25) is 9.69 Å². The van der Waals surface area contributed by atoms with Crippen LogP contribution in [0.3, 0.4) is 0 Å². The number of carbonyl (C=O) groups is 2. The Morgan fingerprint density at radius 2 is 1.96 bits per heavy atom. The average molecular weight is 328 g/mol. The lowest BCUT2D eigenvalue weighted by Crippen LogP contribution is -2.39. The maximum absolute atomic E-state index is 12.6. The van der Waals surface area contributed by atoms with Gasteiger partial charge >= 0.3 is 6.03 Å². The molecule has 2 aliphatic heterocycles. The fourth-order valence-corrected chi connectivity index (χ4v) is 3.36. The molecule has 3 rings (SSSR count). The van der Waals surface area contributed by atoms with Gasteiger partial charge in [0.25, 0.3) is 5.91 Å². The smallest absolute Gasteiger partial charge is 0.321 e. The molecule has 2 aliphatic rings. The Morgan fingerprint density at radius 1 is 1.21 bits per heavy atom. The van der Waals surface area contributed by atoms with Crippen LogP contribution in [-0.2, 0) is 0 Å². The molecule has 1 aromatic carbocycles. The van der Waals surface area contributed by atoms with Crippen LogP contribution >= 0.6 is 0 Å². The van der Waals surface area contributed by atoms with E-state index in [4.69, 9.17) is 0 Å². The normalized spacial score (nSPS) is 20.4. The number of nitrogens with one attached hydrogen (secondary N) is 2. The molecule has 128 valence electrons. The molecule has 6 nitrogen and oxygen atoms in total. The van der Waals surface area contributed by atoms with Crippen molar-refractivity contribution in [2.75, 3.05) is 38.5 Å². The minimum atomic E-state index is -0.147. The van der Waals surface area contributed by atoms with Crippen molar-refractivity contribution < 1.29 is 9.59 Å². The standard InChI is InChI=1S/C18H24N4O2/c1-13-15(17(23)19-2)6-5-7-16(13)20-18(24)22-11-8-14(12-22)21-9-3-4-10-21/h3-7,14H,8-12H2,1-2H3,(H,19,23)(H,20,24)/t14-/m0/s1. The monoisotopic (exact) mass is 328 g/mol. The van der Waals surface area contributed by atoms with Gasteiger partial charge in [-0.2, -0.15) is 0 Å². The number of amides is 3. The van der Waals surface area contributed by atoms with E-state index in [1.165, 1.54) is 0 Å². The molecular formula is C18H24N4O2. The number of benzene rings is 1. The number of hydrogen-bond acceptors (Lipinski definition) is 3. The van der Waals surface area contributed by atoms with E-state index < -0.39 is 0 Å². The van der Waals surface area contributed by atoms with Crippen molar-refractivity contribution in [1.29, 1.82) is 0 Å². The highest BCUT2D eigenvalue weighted by Gasteiger charge is 2.30. The minimum absolute atomic E-state index is 0.0955. The van der Waals surface area contributed by atoms with Crippen LogP contribution in [0.5, 0.6) is 0 Å². The third-order valence-corrected chi connectivity index (χ3v) is 4.86. The number of likely N-dealkylation sites (tertiary alicyclic amines) is 1. The van der Waals surface area contributed by atoms with E-state index in [0.29, 0.717) is 17.3 Å². The Labute approximate surface area is 142 Å². The van der Waals surface area contributed by atoms with Crippen LogP contribution in [0.25, 0.3) is 0 Å². The molecule has 1 atom stereocenters. The summed E-state index contributed by atoms with van der Waals surface area (Å²) in [4.78, 5) is 28.7. The molecule has 0 aromatic heterocycles. The van der Waals surface area contributed by atoms with Crippen LogP contribution < -0.4 is 10.6 Å². The van der Waals surface area contributed by atoms with Crippen molar-refractivity contribution >= 4 is 17.6 Å². The Kier molecular flexibility index (Phi) is 4.85. The summed E-state index contributed by atoms with van der Waals surface area (Å²) in [5.41, 5.74) is 2.05. The Bertz CT molecular complexity index is 663. The molecule has 0 unspecified atom stereocenters. The molecule has 0 bridgehead atoms. The summed E-state index contributed by atoms with van der Waals surface area (Å²) in [6, 6.07) is 5.72. The SMILES string of the molecule is CNC(=O)c1cccc(NC(=O)N2CC[C@H](N3CC=CC3)C2)c1C. The lowest BCUT2D eigenvalue weighted by atomic mass is 10.1. The summed E-state index contributed by atoms with van der Waals surface area (Å²) in [6.07, 6.45) is 5.36. The number of anilines is 1. The number of nitrogens with zero attached hydrogens (tertiary/aromatic N) is 2. The number of urea groups is 1. The lowest BCUT2D eigenvalue weighted by Gasteiger charge is -2.24. The highest BCUT2D eigenvalue weighted by Crippen LogP contribution is 2.22. The minimum Gasteiger partial charge on any atom is -0.355 e. The zero-order valence-corrected chi connectivity index (χ0v) is 14.2. The second kappa shape index (κ2) is 7.05. The highest BCUT2D eigenvalue weighted by atomic mass is 16.2. The van der Waals surface area contributed by atoms with Gasteiger partial charge < -0.3 is 15.5 Å². The van der Waals surface area contributed by atoms with Crippen molar-refractivity contribution in [1.82, 2.24) is 15.1 Å². The predicted octanol–water partition coefficient (Wildman–Crippen LogP) is 1.83. The van der Waals surface area contributed by atoms with Crippen LogP contribution in [0.1, 0.15) is 22.3 Å². The van der Waals surface area contributed by atoms with Gasteiger partial charge in [0.05, 0.1) is 0 Å². The molecule has 0 saturated carbocycles. The summed E-state index contributed by atoms with van der Waals surface area (Å²) in [5.74, 6) is -0.147. The van der Waals surface area contributed by atoms with Crippen LogP contribution in [0.2, 0.25) is 0 Å². The van der Waals surface area contributed by atoms with Crippen LogP contribution in [0.4, 0.5) is 10.5 Å². The Hall–Kier alpha value is -2.34. The molecule has 24 heavy (non-hydrogen) atoms. The van der Waals surface area contributed by atoms with Gasteiger partial charge in [0.15, 0.2) is 0 Å². The van der Waals surface area contributed by atoms with E-state index in [1.807, 2.05) is 17.9 Å². The first-order chi connectivity index (χ1) is 11.6. The van der Waals surface area contributed by atoms with Gasteiger partial charge in [0.1, 0.15) is 0 Å². The molecule has 1 saturated heterocycles. The quantitative estimate of drug-likeness (QED) is 0.832. The zero-order chi connectivity index (χ0) is 17.1. The fraction of sp³-hybridized carbons (Fsp3) is 0.444. The van der Waals surface area contributed by atoms with E-state index in [1.54, 1.807) is 19.2 Å². The molecule has 1 aromatic rings. The van der Waals surface area contributed by atoms with E-state index in [0.717, 1.165) is 38.2 Å². The topological polar surface area (TPSA) is 64.7 Å². The molecule has 2 N–H and O–H groups in total. The number of carbonyl (C=O) groups excluding carboxylic acids is 2. The summed E-state index contributed by atoms with van der Waals surface area (Å²) >= 11 is 0. The summed E-state index contributed by atoms with van der Waals surface area (Å²) in [7, 11) is 1.60. The first kappa shape index (κ1) is 16.5. The van der Waals surface area contributed by atoms with E-state index in [9.17, 15) is 9.59 Å². The Balaban J connectivity index is 1.64. The van der Waals surface area contributed by atoms with Crippen molar-refractivity contribution in [3.8, 4) is 0 Å². The van der Waals surface area contributed by atoms with Crippen LogP contribution in [0, 0.1) is 6.92 Å². The third-order valence-electron chi connectivity index (χ3n) is 4.86. The average Bonchev–Trinajstić information content (AvgIpc) is 3.27. The van der Waals surface area contributed by atoms with Gasteiger partial charge in [-0.05, 0) is 31.0 Å². The van der Waals surface area contributed by atoms with Crippen molar-refractivity contribution in [2.45, 2.75) is 19.4 Å². The maximum Gasteiger partial charge on any atom is 0.321 e. The molecule has 0 aliphatic carbocycles. The third kappa shape index (κ3) is 3.28. The summed E-state index contributed by atoms with van der Waals surface area (Å²) in [6.45, 7) is 5.33. The van der Waals surface area contributed by atoms with Crippen molar-refractivity contribution in [2.24, 2.45) is 0 Å². The number of hydrogen-bond donors (Lipinski definition) is 2.